The fourth-order valence-corrected chi connectivity index (χ4v) is 5.02. The van der Waals surface area contributed by atoms with Crippen LogP contribution >= 0.6 is 38.6 Å². The maximum atomic E-state index is 12.3. The minimum Gasteiger partial charge on any atom is -0.345 e. The van der Waals surface area contributed by atoms with E-state index in [0.717, 1.165) is 41.3 Å². The molecule has 8 heteroatoms. The molecule has 5 nitrogen and oxygen atoms in total. The third-order valence-corrected chi connectivity index (χ3v) is 6.62. The van der Waals surface area contributed by atoms with Gasteiger partial charge in [0.2, 0.25) is 0 Å². The first-order chi connectivity index (χ1) is 12.2. The lowest BCUT2D eigenvalue weighted by Gasteiger charge is -2.34. The van der Waals surface area contributed by atoms with Crippen molar-refractivity contribution in [3.05, 3.63) is 45.1 Å². The third kappa shape index (κ3) is 3.80. The molecule has 1 aliphatic rings. The fraction of sp³-hybridized carbons (Fsp3) is 0.294. The highest BCUT2D eigenvalue weighted by molar-refractivity contribution is 9.10. The number of anilines is 1. The van der Waals surface area contributed by atoms with E-state index in [0.29, 0.717) is 6.54 Å². The van der Waals surface area contributed by atoms with E-state index in [1.165, 1.54) is 9.58 Å². The van der Waals surface area contributed by atoms with Gasteiger partial charge < -0.3 is 15.1 Å². The van der Waals surface area contributed by atoms with Gasteiger partial charge in [0.15, 0.2) is 5.13 Å². The minimum absolute atomic E-state index is 0.0151. The maximum absolute atomic E-state index is 12.3. The van der Waals surface area contributed by atoms with Crippen molar-refractivity contribution in [2.45, 2.75) is 6.54 Å². The summed E-state index contributed by atoms with van der Waals surface area (Å²) in [5.74, 6) is 0. The molecule has 0 atom stereocenters. The van der Waals surface area contributed by atoms with Crippen molar-refractivity contribution in [2.75, 3.05) is 31.1 Å². The van der Waals surface area contributed by atoms with Crippen molar-refractivity contribution in [3.63, 3.8) is 0 Å². The molecule has 1 aromatic carbocycles. The molecule has 0 bridgehead atoms. The highest BCUT2D eigenvalue weighted by Gasteiger charge is 2.23. The topological polar surface area (TPSA) is 48.5 Å². The average molecular weight is 437 g/mol. The number of aromatic nitrogens is 1. The molecule has 1 aliphatic heterocycles. The van der Waals surface area contributed by atoms with Crippen molar-refractivity contribution >= 4 is 60.0 Å². The summed E-state index contributed by atoms with van der Waals surface area (Å²) in [5.41, 5.74) is 1.03. The minimum atomic E-state index is 0.0151. The summed E-state index contributed by atoms with van der Waals surface area (Å²) in [6.45, 7) is 3.66. The zero-order valence-electron chi connectivity index (χ0n) is 13.4. The van der Waals surface area contributed by atoms with E-state index in [4.69, 9.17) is 4.98 Å². The van der Waals surface area contributed by atoms with Crippen LogP contribution in [0.5, 0.6) is 0 Å². The van der Waals surface area contributed by atoms with Crippen LogP contribution in [0.2, 0.25) is 0 Å². The molecule has 1 saturated heterocycles. The summed E-state index contributed by atoms with van der Waals surface area (Å²) < 4.78 is 2.25. The van der Waals surface area contributed by atoms with E-state index >= 15 is 0 Å². The number of benzene rings is 1. The quantitative estimate of drug-likeness (QED) is 0.670. The number of urea groups is 1. The monoisotopic (exact) mass is 436 g/mol. The van der Waals surface area contributed by atoms with Crippen molar-refractivity contribution in [1.82, 2.24) is 15.2 Å². The molecule has 1 fully saturated rings. The number of thiazole rings is 1. The van der Waals surface area contributed by atoms with E-state index in [1.807, 2.05) is 34.5 Å². The Morgan fingerprint density at radius 2 is 2.08 bits per heavy atom. The highest BCUT2D eigenvalue weighted by atomic mass is 79.9. The van der Waals surface area contributed by atoms with Gasteiger partial charge in [-0.2, -0.15) is 0 Å². The highest BCUT2D eigenvalue weighted by Crippen LogP contribution is 2.31. The van der Waals surface area contributed by atoms with Gasteiger partial charge in [0.1, 0.15) is 0 Å². The van der Waals surface area contributed by atoms with Crippen LogP contribution in [0.25, 0.3) is 10.2 Å². The average Bonchev–Trinajstić information content (AvgIpc) is 3.29. The Hall–Kier alpha value is -1.64. The Kier molecular flexibility index (Phi) is 4.91. The van der Waals surface area contributed by atoms with Crippen LogP contribution in [0, 0.1) is 0 Å². The van der Waals surface area contributed by atoms with Gasteiger partial charge in [-0.05, 0) is 29.6 Å². The second-order valence-corrected chi connectivity index (χ2v) is 8.78. The fourth-order valence-electron chi connectivity index (χ4n) is 2.81. The summed E-state index contributed by atoms with van der Waals surface area (Å²) in [7, 11) is 0. The van der Waals surface area contributed by atoms with Gasteiger partial charge in [-0.1, -0.05) is 33.3 Å². The predicted octanol–water partition coefficient (Wildman–Crippen LogP) is 4.15. The molecule has 0 spiro atoms. The summed E-state index contributed by atoms with van der Waals surface area (Å²) in [5, 5.41) is 6.06. The van der Waals surface area contributed by atoms with Gasteiger partial charge in [-0.3, -0.25) is 0 Å². The van der Waals surface area contributed by atoms with Crippen LogP contribution in [0.4, 0.5) is 9.93 Å². The number of nitrogens with zero attached hydrogens (tertiary/aromatic N) is 3. The van der Waals surface area contributed by atoms with Gasteiger partial charge in [-0.25, -0.2) is 9.78 Å². The first-order valence-corrected chi connectivity index (χ1v) is 10.5. The Bertz CT molecular complexity index is 872. The molecule has 2 aromatic heterocycles. The zero-order valence-corrected chi connectivity index (χ0v) is 16.7. The van der Waals surface area contributed by atoms with Crippen LogP contribution < -0.4 is 10.2 Å². The lowest BCUT2D eigenvalue weighted by Crippen LogP contribution is -2.51. The van der Waals surface area contributed by atoms with Gasteiger partial charge in [0.25, 0.3) is 0 Å². The number of carbonyl (C=O) groups is 1. The second-order valence-electron chi connectivity index (χ2n) is 5.82. The molecule has 130 valence electrons. The van der Waals surface area contributed by atoms with E-state index in [2.05, 4.69) is 32.2 Å². The molecule has 3 heterocycles. The first kappa shape index (κ1) is 16.8. The van der Waals surface area contributed by atoms with E-state index in [9.17, 15) is 4.79 Å². The Morgan fingerprint density at radius 1 is 1.24 bits per heavy atom. The number of thiophene rings is 1. The zero-order chi connectivity index (χ0) is 17.2. The van der Waals surface area contributed by atoms with Crippen LogP contribution in [0.3, 0.4) is 0 Å². The van der Waals surface area contributed by atoms with Crippen molar-refractivity contribution in [1.29, 1.82) is 0 Å². The Labute approximate surface area is 162 Å². The molecule has 0 saturated carbocycles. The maximum Gasteiger partial charge on any atom is 0.317 e. The van der Waals surface area contributed by atoms with Gasteiger partial charge in [0, 0.05) is 35.5 Å². The molecule has 3 aromatic rings. The molecule has 0 unspecified atom stereocenters. The number of hydrogen-bond acceptors (Lipinski definition) is 5. The van der Waals surface area contributed by atoms with E-state index < -0.39 is 0 Å². The van der Waals surface area contributed by atoms with Crippen molar-refractivity contribution in [2.24, 2.45) is 0 Å². The lowest BCUT2D eigenvalue weighted by atomic mass is 10.3. The Morgan fingerprint density at radius 3 is 2.84 bits per heavy atom. The summed E-state index contributed by atoms with van der Waals surface area (Å²) in [6.07, 6.45) is 0. The number of amides is 2. The van der Waals surface area contributed by atoms with Gasteiger partial charge in [-0.15, -0.1) is 11.3 Å². The molecule has 1 N–H and O–H groups in total. The van der Waals surface area contributed by atoms with Crippen LogP contribution in [0.1, 0.15) is 4.88 Å². The standard InChI is InChI=1S/C17H17BrN4OS2/c18-12-3-4-14-15(10-12)25-17(20-14)22-7-5-21(6-8-22)16(23)19-11-13-2-1-9-24-13/h1-4,9-10H,5-8,11H2,(H,19,23). The second kappa shape index (κ2) is 7.31. The summed E-state index contributed by atoms with van der Waals surface area (Å²) in [4.78, 5) is 22.3. The van der Waals surface area contributed by atoms with Crippen molar-refractivity contribution in [3.8, 4) is 0 Å². The smallest absolute Gasteiger partial charge is 0.317 e. The molecule has 0 radical (unpaired) electrons. The first-order valence-electron chi connectivity index (χ1n) is 8.05. The molecule has 2 amide bonds. The summed E-state index contributed by atoms with van der Waals surface area (Å²) >= 11 is 6.87. The molecule has 4 rings (SSSR count). The number of nitrogens with one attached hydrogen (secondary N) is 1. The third-order valence-electron chi connectivity index (χ3n) is 4.17. The van der Waals surface area contributed by atoms with E-state index in [1.54, 1.807) is 22.7 Å². The van der Waals surface area contributed by atoms with Gasteiger partial charge in [0.05, 0.1) is 16.8 Å². The SMILES string of the molecule is O=C(NCc1cccs1)N1CCN(c2nc3ccc(Br)cc3s2)CC1. The molecule has 0 aliphatic carbocycles. The number of hydrogen-bond donors (Lipinski definition) is 1. The number of piperazine rings is 1. The lowest BCUT2D eigenvalue weighted by molar-refractivity contribution is 0.194. The van der Waals surface area contributed by atoms with Crippen LogP contribution in [-0.2, 0) is 6.54 Å². The summed E-state index contributed by atoms with van der Waals surface area (Å²) in [6, 6.07) is 10.2. The number of rotatable bonds is 3. The Balaban J connectivity index is 1.34. The van der Waals surface area contributed by atoms with E-state index in [-0.39, 0.29) is 6.03 Å². The number of carbonyl (C=O) groups excluding carboxylic acids is 1. The number of fused-ring (bicyclic) bond motifs is 1. The molecular weight excluding hydrogens is 420 g/mol. The molecular formula is C17H17BrN4OS2. The molecule has 25 heavy (non-hydrogen) atoms. The largest absolute Gasteiger partial charge is 0.345 e. The predicted molar refractivity (Wildman–Crippen MR) is 108 cm³/mol. The van der Waals surface area contributed by atoms with Gasteiger partial charge >= 0.3 is 6.03 Å². The van der Waals surface area contributed by atoms with Crippen LogP contribution in [-0.4, -0.2) is 42.1 Å². The number of halogens is 1. The van der Waals surface area contributed by atoms with Crippen LogP contribution in [0.15, 0.2) is 40.2 Å². The van der Waals surface area contributed by atoms with Crippen molar-refractivity contribution < 1.29 is 4.79 Å². The normalized spacial score (nSPS) is 14.9.